The Bertz CT molecular complexity index is 1470. The minimum Gasteiger partial charge on any atom is -0.379 e. The van der Waals surface area contributed by atoms with E-state index in [1.54, 1.807) is 0 Å². The summed E-state index contributed by atoms with van der Waals surface area (Å²) in [7, 11) is 5.97. The van der Waals surface area contributed by atoms with Gasteiger partial charge in [-0.15, -0.1) is 11.8 Å². The van der Waals surface area contributed by atoms with Crippen LogP contribution in [0.1, 0.15) is 29.2 Å². The number of amides is 1. The second-order valence-corrected chi connectivity index (χ2v) is 12.6. The Morgan fingerprint density at radius 2 is 1.82 bits per heavy atom. The summed E-state index contributed by atoms with van der Waals surface area (Å²) >= 11 is 8.18. The van der Waals surface area contributed by atoms with Gasteiger partial charge in [-0.1, -0.05) is 65.1 Å². The number of rotatable bonds is 7. The molecule has 2 radical (unpaired) electrons. The van der Waals surface area contributed by atoms with Crippen LogP contribution in [-0.4, -0.2) is 66.1 Å². The Balaban J connectivity index is 1.49. The summed E-state index contributed by atoms with van der Waals surface area (Å²) in [6.45, 7) is 6.55. The number of morpholine rings is 1. The third-order valence-electron chi connectivity index (χ3n) is 7.82. The van der Waals surface area contributed by atoms with Crippen LogP contribution in [0.25, 0.3) is 10.9 Å². The molecule has 1 N–H and O–H groups in total. The van der Waals surface area contributed by atoms with Crippen molar-refractivity contribution in [1.82, 2.24) is 14.8 Å². The fourth-order valence-electron chi connectivity index (χ4n) is 5.93. The maximum absolute atomic E-state index is 14.1. The average molecular weight is 556 g/mol. The Kier molecular flexibility index (Phi) is 7.51. The molecule has 2 aliphatic rings. The first-order valence-corrected chi connectivity index (χ1v) is 14.6. The number of nitrogens with zero attached hydrogens (tertiary/aromatic N) is 2. The molecule has 3 aromatic carbocycles. The van der Waals surface area contributed by atoms with E-state index in [1.165, 1.54) is 10.5 Å². The highest BCUT2D eigenvalue weighted by molar-refractivity contribution is 8.00. The minimum atomic E-state index is -0.410. The highest BCUT2D eigenvalue weighted by Gasteiger charge is 2.54. The predicted octanol–water partition coefficient (Wildman–Crippen LogP) is 5.26. The third-order valence-corrected chi connectivity index (χ3v) is 9.47. The molecule has 6 rings (SSSR count). The molecule has 0 aliphatic carbocycles. The van der Waals surface area contributed by atoms with Crippen molar-refractivity contribution in [2.24, 2.45) is 0 Å². The molecule has 1 amide bonds. The molecule has 2 aliphatic heterocycles. The monoisotopic (exact) mass is 555 g/mol. The van der Waals surface area contributed by atoms with Gasteiger partial charge in [0.05, 0.1) is 24.0 Å². The number of hydrogen-bond donors (Lipinski definition) is 1. The number of halogens is 1. The van der Waals surface area contributed by atoms with E-state index in [-0.39, 0.29) is 11.9 Å². The molecule has 4 aromatic rings. The Hall–Kier alpha value is -2.71. The van der Waals surface area contributed by atoms with Crippen molar-refractivity contribution in [3.8, 4) is 0 Å². The standard InChI is InChI=1S/C31H31BClN3O2S/c1-21-2-9-25(10-3-21)39-31(20-35-12-14-38-15-13-35)17-29(37)36(19-22-4-6-23(32)7-5-22)30(31)27-18-34-28-16-24(33)8-11-26(27)28/h2-11,16,18,30,34H,12-15,17,19-20H2,1H3. The van der Waals surface area contributed by atoms with Crippen LogP contribution in [0.2, 0.25) is 5.02 Å². The van der Waals surface area contributed by atoms with Gasteiger partial charge in [0.1, 0.15) is 7.85 Å². The Morgan fingerprint density at radius 3 is 2.56 bits per heavy atom. The van der Waals surface area contributed by atoms with Crippen molar-refractivity contribution in [3.63, 3.8) is 0 Å². The van der Waals surface area contributed by atoms with Crippen LogP contribution in [0.5, 0.6) is 0 Å². The molecule has 2 saturated heterocycles. The lowest BCUT2D eigenvalue weighted by atomic mass is 9.91. The summed E-state index contributed by atoms with van der Waals surface area (Å²) < 4.78 is 5.26. The maximum atomic E-state index is 14.1. The first-order chi connectivity index (χ1) is 18.9. The molecule has 8 heteroatoms. The number of carbonyl (C=O) groups excluding carboxylic acids is 1. The number of hydrogen-bond acceptors (Lipinski definition) is 4. The number of likely N-dealkylation sites (tertiary alicyclic amines) is 1. The summed E-state index contributed by atoms with van der Waals surface area (Å²) in [5.41, 5.74) is 5.10. The highest BCUT2D eigenvalue weighted by atomic mass is 35.5. The van der Waals surface area contributed by atoms with E-state index in [0.717, 1.165) is 41.7 Å². The molecule has 198 valence electrons. The second-order valence-electron chi connectivity index (χ2n) is 10.6. The smallest absolute Gasteiger partial charge is 0.224 e. The van der Waals surface area contributed by atoms with Crippen LogP contribution in [-0.2, 0) is 16.1 Å². The van der Waals surface area contributed by atoms with Gasteiger partial charge >= 0.3 is 0 Å². The zero-order chi connectivity index (χ0) is 27.0. The van der Waals surface area contributed by atoms with Crippen LogP contribution in [0.3, 0.4) is 0 Å². The number of aromatic amines is 1. The Labute approximate surface area is 240 Å². The van der Waals surface area contributed by atoms with E-state index in [1.807, 2.05) is 48.2 Å². The van der Waals surface area contributed by atoms with Gasteiger partial charge in [-0.2, -0.15) is 0 Å². The lowest BCUT2D eigenvalue weighted by molar-refractivity contribution is -0.129. The number of benzene rings is 3. The summed E-state index contributed by atoms with van der Waals surface area (Å²) in [6, 6.07) is 22.3. The molecule has 0 saturated carbocycles. The van der Waals surface area contributed by atoms with Gasteiger partial charge in [-0.05, 0) is 36.8 Å². The number of ether oxygens (including phenoxy) is 1. The lowest BCUT2D eigenvalue weighted by Gasteiger charge is -2.41. The quantitative estimate of drug-likeness (QED) is 0.316. The van der Waals surface area contributed by atoms with Gasteiger partial charge in [0.25, 0.3) is 0 Å². The predicted molar refractivity (Wildman–Crippen MR) is 160 cm³/mol. The zero-order valence-electron chi connectivity index (χ0n) is 22.0. The number of H-pyrrole nitrogens is 1. The van der Waals surface area contributed by atoms with Gasteiger partial charge in [0.15, 0.2) is 0 Å². The van der Waals surface area contributed by atoms with Crippen molar-refractivity contribution in [2.45, 2.75) is 35.6 Å². The molecule has 39 heavy (non-hydrogen) atoms. The van der Waals surface area contributed by atoms with Crippen molar-refractivity contribution in [2.75, 3.05) is 32.8 Å². The van der Waals surface area contributed by atoms with E-state index in [2.05, 4.69) is 58.2 Å². The van der Waals surface area contributed by atoms with Crippen LogP contribution in [0, 0.1) is 6.92 Å². The molecule has 2 fully saturated rings. The third kappa shape index (κ3) is 5.51. The molecular weight excluding hydrogens is 525 g/mol. The van der Waals surface area contributed by atoms with E-state index in [9.17, 15) is 4.79 Å². The number of nitrogens with one attached hydrogen (secondary N) is 1. The van der Waals surface area contributed by atoms with Crippen LogP contribution in [0.15, 0.2) is 77.8 Å². The largest absolute Gasteiger partial charge is 0.379 e. The number of carbonyl (C=O) groups is 1. The van der Waals surface area contributed by atoms with E-state index in [4.69, 9.17) is 24.2 Å². The lowest BCUT2D eigenvalue weighted by Crippen LogP contribution is -2.48. The van der Waals surface area contributed by atoms with Crippen molar-refractivity contribution >= 4 is 53.5 Å². The van der Waals surface area contributed by atoms with Crippen LogP contribution < -0.4 is 5.46 Å². The summed E-state index contributed by atoms with van der Waals surface area (Å²) in [4.78, 5) is 23.2. The maximum Gasteiger partial charge on any atom is 0.224 e. The van der Waals surface area contributed by atoms with Gasteiger partial charge in [-0.3, -0.25) is 9.69 Å². The van der Waals surface area contributed by atoms with Gasteiger partial charge in [0, 0.05) is 65.2 Å². The van der Waals surface area contributed by atoms with Gasteiger partial charge in [-0.25, -0.2) is 0 Å². The topological polar surface area (TPSA) is 48.6 Å². The molecule has 3 heterocycles. The SMILES string of the molecule is [B]c1ccc(CN2C(=O)CC(CN3CCOCC3)(Sc3ccc(C)cc3)C2c2c[nH]c3cc(Cl)ccc23)cc1. The second kappa shape index (κ2) is 11.0. The average Bonchev–Trinajstić information content (AvgIpc) is 3.44. The van der Waals surface area contributed by atoms with Crippen molar-refractivity contribution < 1.29 is 9.53 Å². The van der Waals surface area contributed by atoms with Crippen LogP contribution in [0.4, 0.5) is 0 Å². The number of fused-ring (bicyclic) bond motifs is 1. The summed E-state index contributed by atoms with van der Waals surface area (Å²) in [5, 5.41) is 1.78. The van der Waals surface area contributed by atoms with Crippen LogP contribution >= 0.6 is 23.4 Å². The van der Waals surface area contributed by atoms with Crippen molar-refractivity contribution in [3.05, 3.63) is 94.6 Å². The zero-order valence-corrected chi connectivity index (χ0v) is 23.6. The summed E-state index contributed by atoms with van der Waals surface area (Å²) in [5.74, 6) is 0.160. The molecular formula is C31H31BClN3O2S. The van der Waals surface area contributed by atoms with Gasteiger partial charge < -0.3 is 14.6 Å². The minimum absolute atomic E-state index is 0.160. The molecule has 2 atom stereocenters. The fourth-order valence-corrected chi connectivity index (χ4v) is 7.65. The highest BCUT2D eigenvalue weighted by Crippen LogP contribution is 2.54. The van der Waals surface area contributed by atoms with E-state index in [0.29, 0.717) is 36.7 Å². The number of thioether (sulfide) groups is 1. The first kappa shape index (κ1) is 26.5. The normalized spacial score (nSPS) is 22.2. The number of aryl methyl sites for hydroxylation is 1. The molecule has 0 bridgehead atoms. The van der Waals surface area contributed by atoms with Crippen molar-refractivity contribution in [1.29, 1.82) is 0 Å². The molecule has 2 unspecified atom stereocenters. The first-order valence-electron chi connectivity index (χ1n) is 13.4. The van der Waals surface area contributed by atoms with Gasteiger partial charge in [0.2, 0.25) is 5.91 Å². The fraction of sp³-hybridized carbons (Fsp3) is 0.323. The summed E-state index contributed by atoms with van der Waals surface area (Å²) in [6.07, 6.45) is 2.52. The Morgan fingerprint density at radius 1 is 1.08 bits per heavy atom. The number of aromatic nitrogens is 1. The van der Waals surface area contributed by atoms with E-state index < -0.39 is 4.75 Å². The molecule has 5 nitrogen and oxygen atoms in total. The molecule has 0 spiro atoms. The molecule has 1 aromatic heterocycles. The van der Waals surface area contributed by atoms with E-state index >= 15 is 0 Å².